The van der Waals surface area contributed by atoms with E-state index in [-0.39, 0.29) is 6.04 Å². The van der Waals surface area contributed by atoms with Gasteiger partial charge in [-0.05, 0) is 61.1 Å². The highest BCUT2D eigenvalue weighted by Crippen LogP contribution is 2.21. The lowest BCUT2D eigenvalue weighted by Crippen LogP contribution is -2.40. The lowest BCUT2D eigenvalue weighted by Gasteiger charge is -2.32. The van der Waals surface area contributed by atoms with Crippen LogP contribution in [0, 0.1) is 5.92 Å². The Bertz CT molecular complexity index is 747. The Kier molecular flexibility index (Phi) is 6.06. The normalized spacial score (nSPS) is 23.0. The molecule has 0 amide bonds. The van der Waals surface area contributed by atoms with Crippen molar-refractivity contribution in [1.29, 1.82) is 0 Å². The van der Waals surface area contributed by atoms with Crippen LogP contribution in [0.5, 0.6) is 0 Å². The van der Waals surface area contributed by atoms with Crippen LogP contribution in [-0.2, 0) is 13.0 Å². The predicted octanol–water partition coefficient (Wildman–Crippen LogP) is 3.30. The van der Waals surface area contributed by atoms with E-state index in [4.69, 9.17) is 0 Å². The fourth-order valence-corrected chi connectivity index (χ4v) is 4.24. The first-order valence-electron chi connectivity index (χ1n) is 10.8. The molecule has 3 aliphatic rings. The molecule has 0 saturated heterocycles. The molecule has 2 unspecified atom stereocenters. The molecule has 2 aliphatic heterocycles. The Morgan fingerprint density at radius 2 is 2.11 bits per heavy atom. The van der Waals surface area contributed by atoms with E-state index in [1.807, 2.05) is 6.20 Å². The molecule has 0 radical (unpaired) electrons. The minimum absolute atomic E-state index is 0.154. The van der Waals surface area contributed by atoms with Gasteiger partial charge in [-0.1, -0.05) is 37.8 Å². The fourth-order valence-electron chi connectivity index (χ4n) is 4.24. The Balaban J connectivity index is 1.22. The van der Waals surface area contributed by atoms with Crippen molar-refractivity contribution < 1.29 is 0 Å². The van der Waals surface area contributed by atoms with Crippen molar-refractivity contribution in [3.8, 4) is 0 Å². The smallest absolute Gasteiger partial charge is 0.0856 e. The van der Waals surface area contributed by atoms with Gasteiger partial charge in [0, 0.05) is 43.6 Å². The maximum Gasteiger partial charge on any atom is 0.0856 e. The molecule has 2 atom stereocenters. The van der Waals surface area contributed by atoms with Gasteiger partial charge in [0.05, 0.1) is 6.04 Å². The molecular weight excluding hydrogens is 344 g/mol. The van der Waals surface area contributed by atoms with Gasteiger partial charge in [0.25, 0.3) is 0 Å². The largest absolute Gasteiger partial charge is 0.387 e. The monoisotopic (exact) mass is 378 g/mol. The summed E-state index contributed by atoms with van der Waals surface area (Å²) in [5.74, 6) is 0.581. The van der Waals surface area contributed by atoms with Crippen molar-refractivity contribution in [3.63, 3.8) is 0 Å². The van der Waals surface area contributed by atoms with Crippen molar-refractivity contribution in [2.24, 2.45) is 5.92 Å². The van der Waals surface area contributed by atoms with Gasteiger partial charge in [0.1, 0.15) is 0 Å². The Morgan fingerprint density at radius 1 is 1.29 bits per heavy atom. The molecule has 1 aromatic carbocycles. The van der Waals surface area contributed by atoms with Crippen molar-refractivity contribution in [2.45, 2.75) is 51.2 Å². The van der Waals surface area contributed by atoms with E-state index in [2.05, 4.69) is 70.8 Å². The lowest BCUT2D eigenvalue weighted by molar-refractivity contribution is 0.219. The maximum absolute atomic E-state index is 4.28. The van der Waals surface area contributed by atoms with Crippen LogP contribution in [0.1, 0.15) is 37.3 Å². The lowest BCUT2D eigenvalue weighted by atomic mass is 9.92. The van der Waals surface area contributed by atoms with E-state index in [0.717, 1.165) is 31.9 Å². The second-order valence-electron chi connectivity index (χ2n) is 8.64. The minimum Gasteiger partial charge on any atom is -0.387 e. The molecular formula is C24H34N4. The number of fused-ring (bicyclic) bond motifs is 1. The molecule has 1 aromatic rings. The summed E-state index contributed by atoms with van der Waals surface area (Å²) >= 11 is 0. The summed E-state index contributed by atoms with van der Waals surface area (Å²) in [6.45, 7) is 10.9. The zero-order valence-electron chi connectivity index (χ0n) is 17.1. The van der Waals surface area contributed by atoms with Crippen molar-refractivity contribution >= 4 is 0 Å². The Hall–Kier alpha value is -2.20. The number of hydrogen-bond acceptors (Lipinski definition) is 4. The third kappa shape index (κ3) is 4.79. The standard InChI is InChI=1S/C24H34N4/c1-18(16-28-13-11-20-6-3-4-7-21(20)17-28)15-26-19(2)24-14-23(10-12-25-24)27-22-8-5-9-22/h3-4,6-7,10,12,14,18,22,24-27H,2,5,8-9,11,13,15-17H2,1H3. The number of hydrogen-bond donors (Lipinski definition) is 3. The van der Waals surface area contributed by atoms with Gasteiger partial charge in [-0.2, -0.15) is 0 Å². The summed E-state index contributed by atoms with van der Waals surface area (Å²) in [5.41, 5.74) is 5.28. The zero-order chi connectivity index (χ0) is 19.3. The Morgan fingerprint density at radius 3 is 2.89 bits per heavy atom. The average Bonchev–Trinajstić information content (AvgIpc) is 2.69. The summed E-state index contributed by atoms with van der Waals surface area (Å²) in [4.78, 5) is 2.58. The molecule has 4 nitrogen and oxygen atoms in total. The highest BCUT2D eigenvalue weighted by Gasteiger charge is 2.20. The quantitative estimate of drug-likeness (QED) is 0.649. The van der Waals surface area contributed by atoms with E-state index in [0.29, 0.717) is 12.0 Å². The number of rotatable bonds is 8. The first kappa shape index (κ1) is 19.1. The number of allylic oxidation sites excluding steroid dienone is 1. The SMILES string of the molecule is C=C(NCC(C)CN1CCc2ccccc2C1)C1C=C(NC2CCC2)C=CN1. The molecule has 0 bridgehead atoms. The number of benzene rings is 1. The van der Waals surface area contributed by atoms with Crippen LogP contribution in [-0.4, -0.2) is 36.6 Å². The fraction of sp³-hybridized carbons (Fsp3) is 0.500. The summed E-state index contributed by atoms with van der Waals surface area (Å²) < 4.78 is 0. The van der Waals surface area contributed by atoms with Gasteiger partial charge in [-0.15, -0.1) is 0 Å². The number of dihydropyridines is 1. The molecule has 1 saturated carbocycles. The average molecular weight is 379 g/mol. The van der Waals surface area contributed by atoms with Crippen LogP contribution >= 0.6 is 0 Å². The third-order valence-electron chi connectivity index (χ3n) is 6.19. The van der Waals surface area contributed by atoms with Gasteiger partial charge >= 0.3 is 0 Å². The molecule has 4 heteroatoms. The minimum atomic E-state index is 0.154. The topological polar surface area (TPSA) is 39.3 Å². The second kappa shape index (κ2) is 8.87. The third-order valence-corrected chi connectivity index (χ3v) is 6.19. The molecule has 0 spiro atoms. The van der Waals surface area contributed by atoms with Gasteiger partial charge in [-0.3, -0.25) is 4.90 Å². The van der Waals surface area contributed by atoms with Gasteiger partial charge in [-0.25, -0.2) is 0 Å². The molecule has 28 heavy (non-hydrogen) atoms. The molecule has 150 valence electrons. The summed E-state index contributed by atoms with van der Waals surface area (Å²) in [5, 5.41) is 10.6. The Labute approximate surface area is 169 Å². The van der Waals surface area contributed by atoms with Crippen LogP contribution in [0.2, 0.25) is 0 Å². The molecule has 4 rings (SSSR count). The number of nitrogens with zero attached hydrogens (tertiary/aromatic N) is 1. The van der Waals surface area contributed by atoms with E-state index >= 15 is 0 Å². The highest BCUT2D eigenvalue weighted by atomic mass is 15.1. The predicted molar refractivity (Wildman–Crippen MR) is 117 cm³/mol. The van der Waals surface area contributed by atoms with Crippen LogP contribution in [0.25, 0.3) is 0 Å². The summed E-state index contributed by atoms with van der Waals surface area (Å²) in [6, 6.07) is 9.67. The summed E-state index contributed by atoms with van der Waals surface area (Å²) in [6.07, 6.45) is 11.5. The molecule has 3 N–H and O–H groups in total. The van der Waals surface area contributed by atoms with Crippen LogP contribution in [0.4, 0.5) is 0 Å². The van der Waals surface area contributed by atoms with Crippen LogP contribution in [0.15, 0.2) is 60.6 Å². The van der Waals surface area contributed by atoms with E-state index < -0.39 is 0 Å². The first-order valence-corrected chi connectivity index (χ1v) is 10.8. The zero-order valence-corrected chi connectivity index (χ0v) is 17.1. The summed E-state index contributed by atoms with van der Waals surface area (Å²) in [7, 11) is 0. The van der Waals surface area contributed by atoms with E-state index in [9.17, 15) is 0 Å². The van der Waals surface area contributed by atoms with E-state index in [1.54, 1.807) is 0 Å². The van der Waals surface area contributed by atoms with E-state index in [1.165, 1.54) is 42.5 Å². The molecule has 0 aromatic heterocycles. The van der Waals surface area contributed by atoms with Crippen molar-refractivity contribution in [1.82, 2.24) is 20.9 Å². The molecule has 1 fully saturated rings. The highest BCUT2D eigenvalue weighted by molar-refractivity contribution is 5.30. The van der Waals surface area contributed by atoms with Crippen molar-refractivity contribution in [2.75, 3.05) is 19.6 Å². The van der Waals surface area contributed by atoms with Gasteiger partial charge < -0.3 is 16.0 Å². The van der Waals surface area contributed by atoms with Crippen LogP contribution < -0.4 is 16.0 Å². The molecule has 1 aliphatic carbocycles. The van der Waals surface area contributed by atoms with Crippen molar-refractivity contribution in [3.05, 3.63) is 71.7 Å². The van der Waals surface area contributed by atoms with Gasteiger partial charge in [0.2, 0.25) is 0 Å². The molecule has 2 heterocycles. The van der Waals surface area contributed by atoms with Crippen LogP contribution in [0.3, 0.4) is 0 Å². The maximum atomic E-state index is 4.28. The second-order valence-corrected chi connectivity index (χ2v) is 8.64. The number of nitrogens with one attached hydrogen (secondary N) is 3. The van der Waals surface area contributed by atoms with Gasteiger partial charge in [0.15, 0.2) is 0 Å². The first-order chi connectivity index (χ1) is 13.7.